The van der Waals surface area contributed by atoms with Crippen LogP contribution in [-0.2, 0) is 0 Å². The molecule has 0 radical (unpaired) electrons. The molecule has 3 aromatic rings. The second kappa shape index (κ2) is 4.56. The van der Waals surface area contributed by atoms with Gasteiger partial charge in [0, 0.05) is 21.5 Å². The van der Waals surface area contributed by atoms with Gasteiger partial charge in [0.05, 0.1) is 0 Å². The topological polar surface area (TPSA) is 0 Å². The van der Waals surface area contributed by atoms with E-state index in [1.807, 2.05) is 0 Å². The van der Waals surface area contributed by atoms with Crippen LogP contribution in [0.15, 0.2) is 12.1 Å². The van der Waals surface area contributed by atoms with E-state index >= 15 is 0 Å². The van der Waals surface area contributed by atoms with Gasteiger partial charge in [-0.3, -0.25) is 0 Å². The van der Waals surface area contributed by atoms with Crippen molar-refractivity contribution in [2.75, 3.05) is 0 Å². The van der Waals surface area contributed by atoms with Crippen LogP contribution in [0.4, 0.5) is 35.1 Å². The molecule has 0 fully saturated rings. The summed E-state index contributed by atoms with van der Waals surface area (Å²) in [5.41, 5.74) is 0. The fourth-order valence-electron chi connectivity index (χ4n) is 2.27. The molecule has 0 saturated heterocycles. The zero-order valence-corrected chi connectivity index (χ0v) is 10.2. The van der Waals surface area contributed by atoms with Crippen LogP contribution in [0.1, 0.15) is 0 Å². The number of hydrogen-bond donors (Lipinski definition) is 0. The molecule has 22 heavy (non-hydrogen) atoms. The van der Waals surface area contributed by atoms with E-state index in [9.17, 15) is 35.1 Å². The molecule has 0 nitrogen and oxygen atoms in total. The molecule has 0 atom stereocenters. The summed E-state index contributed by atoms with van der Waals surface area (Å²) in [6.07, 6.45) is 0. The maximum Gasteiger partial charge on any atom is 0.198 e. The molecule has 0 aliphatic carbocycles. The van der Waals surface area contributed by atoms with E-state index in [1.54, 1.807) is 0 Å². The number of benzene rings is 3. The van der Waals surface area contributed by atoms with Crippen molar-refractivity contribution in [3.05, 3.63) is 58.7 Å². The van der Waals surface area contributed by atoms with Crippen LogP contribution >= 0.6 is 0 Å². The summed E-state index contributed by atoms with van der Waals surface area (Å²) in [5.74, 6) is -16.7. The van der Waals surface area contributed by atoms with Gasteiger partial charge in [-0.15, -0.1) is 0 Å². The molecule has 0 aromatic heterocycles. The molecule has 0 saturated carbocycles. The lowest BCUT2D eigenvalue weighted by Crippen LogP contribution is -2.03. The third kappa shape index (κ3) is 1.63. The Labute approximate surface area is 116 Å². The molecule has 0 heterocycles. The number of rotatable bonds is 0. The average Bonchev–Trinajstić information content (AvgIpc) is 2.52. The van der Waals surface area contributed by atoms with Crippen molar-refractivity contribution in [2.24, 2.45) is 0 Å². The summed E-state index contributed by atoms with van der Waals surface area (Å²) in [6.45, 7) is 0. The monoisotopic (exact) mass is 322 g/mol. The Hall–Kier alpha value is -2.38. The minimum atomic E-state index is -2.28. The van der Waals surface area contributed by atoms with E-state index in [0.29, 0.717) is 12.1 Å². The number of halogens is 8. The predicted molar refractivity (Wildman–Crippen MR) is 61.1 cm³/mol. The molecule has 0 bridgehead atoms. The smallest absolute Gasteiger partial charge is 0.198 e. The Bertz CT molecular complexity index is 882. The standard InChI is InChI=1S/C14H2F8/c15-7-3-1-2-4-6(5(3)9(17)13(21)11(7)19)10(18)14(22)12(20)8(4)16/h1-2H. The first-order valence-corrected chi connectivity index (χ1v) is 5.67. The summed E-state index contributed by atoms with van der Waals surface area (Å²) < 4.78 is 108. The van der Waals surface area contributed by atoms with Crippen molar-refractivity contribution < 1.29 is 35.1 Å². The third-order valence-corrected chi connectivity index (χ3v) is 3.27. The largest absolute Gasteiger partial charge is 0.203 e. The third-order valence-electron chi connectivity index (χ3n) is 3.27. The van der Waals surface area contributed by atoms with E-state index in [0.717, 1.165) is 0 Å². The van der Waals surface area contributed by atoms with Crippen LogP contribution < -0.4 is 0 Å². The van der Waals surface area contributed by atoms with Gasteiger partial charge in [-0.1, -0.05) is 12.1 Å². The normalized spacial score (nSPS) is 11.6. The zero-order valence-electron chi connectivity index (χ0n) is 10.2. The van der Waals surface area contributed by atoms with Crippen LogP contribution in [0.5, 0.6) is 0 Å². The van der Waals surface area contributed by atoms with Crippen molar-refractivity contribution in [1.29, 1.82) is 0 Å². The van der Waals surface area contributed by atoms with Crippen molar-refractivity contribution in [3.8, 4) is 0 Å². The van der Waals surface area contributed by atoms with Crippen LogP contribution in [0.25, 0.3) is 21.5 Å². The van der Waals surface area contributed by atoms with Crippen molar-refractivity contribution in [2.45, 2.75) is 0 Å². The van der Waals surface area contributed by atoms with Crippen molar-refractivity contribution in [1.82, 2.24) is 0 Å². The van der Waals surface area contributed by atoms with Gasteiger partial charge in [-0.2, -0.15) is 0 Å². The van der Waals surface area contributed by atoms with Gasteiger partial charge in [0.15, 0.2) is 46.5 Å². The first-order chi connectivity index (χ1) is 10.3. The van der Waals surface area contributed by atoms with E-state index in [1.165, 1.54) is 0 Å². The molecule has 0 aliphatic rings. The van der Waals surface area contributed by atoms with Crippen LogP contribution in [-0.4, -0.2) is 0 Å². The molecule has 0 N–H and O–H groups in total. The summed E-state index contributed by atoms with van der Waals surface area (Å²) >= 11 is 0. The first-order valence-electron chi connectivity index (χ1n) is 5.67. The highest BCUT2D eigenvalue weighted by Gasteiger charge is 2.27. The molecule has 0 spiro atoms. The Balaban J connectivity index is 2.74. The second-order valence-corrected chi connectivity index (χ2v) is 4.42. The van der Waals surface area contributed by atoms with Gasteiger partial charge in [-0.05, 0) is 0 Å². The number of hydrogen-bond acceptors (Lipinski definition) is 0. The van der Waals surface area contributed by atoms with E-state index in [4.69, 9.17) is 0 Å². The Morgan fingerprint density at radius 1 is 0.364 bits per heavy atom. The second-order valence-electron chi connectivity index (χ2n) is 4.42. The minimum Gasteiger partial charge on any atom is -0.203 e. The fourth-order valence-corrected chi connectivity index (χ4v) is 2.27. The van der Waals surface area contributed by atoms with Crippen LogP contribution in [0.2, 0.25) is 0 Å². The van der Waals surface area contributed by atoms with Gasteiger partial charge in [-0.25, -0.2) is 35.1 Å². The molecular weight excluding hydrogens is 320 g/mol. The lowest BCUT2D eigenvalue weighted by atomic mass is 9.99. The van der Waals surface area contributed by atoms with Gasteiger partial charge < -0.3 is 0 Å². The summed E-state index contributed by atoms with van der Waals surface area (Å²) in [6, 6.07) is 1.22. The molecule has 0 amide bonds. The summed E-state index contributed by atoms with van der Waals surface area (Å²) in [7, 11) is 0. The Kier molecular flexibility index (Phi) is 3.01. The summed E-state index contributed by atoms with van der Waals surface area (Å²) in [5, 5.41) is -4.31. The highest BCUT2D eigenvalue weighted by Crippen LogP contribution is 2.36. The number of fused-ring (bicyclic) bond motifs is 3. The molecule has 0 unspecified atom stereocenters. The maximum absolute atomic E-state index is 13.8. The van der Waals surface area contributed by atoms with Gasteiger partial charge in [0.1, 0.15) is 0 Å². The first kappa shape index (κ1) is 14.6. The van der Waals surface area contributed by atoms with Gasteiger partial charge in [0.25, 0.3) is 0 Å². The minimum absolute atomic E-state index is 0.610. The lowest BCUT2D eigenvalue weighted by molar-refractivity contribution is 0.415. The molecule has 8 heteroatoms. The van der Waals surface area contributed by atoms with Crippen molar-refractivity contribution in [3.63, 3.8) is 0 Å². The van der Waals surface area contributed by atoms with Gasteiger partial charge in [0.2, 0.25) is 0 Å². The molecule has 3 aromatic carbocycles. The Morgan fingerprint density at radius 3 is 0.955 bits per heavy atom. The van der Waals surface area contributed by atoms with E-state index in [2.05, 4.69) is 0 Å². The SMILES string of the molecule is Fc1c(F)c(F)c2c(ccc3c(F)c(F)c(F)c(F)c32)c1F. The zero-order chi connectivity index (χ0) is 16.3. The van der Waals surface area contributed by atoms with Gasteiger partial charge >= 0.3 is 0 Å². The van der Waals surface area contributed by atoms with E-state index < -0.39 is 68.1 Å². The predicted octanol–water partition coefficient (Wildman–Crippen LogP) is 5.11. The fraction of sp³-hybridized carbons (Fsp3) is 0. The van der Waals surface area contributed by atoms with Crippen LogP contribution in [0, 0.1) is 46.5 Å². The highest BCUT2D eigenvalue weighted by molar-refractivity contribution is 6.08. The quantitative estimate of drug-likeness (QED) is 0.234. The van der Waals surface area contributed by atoms with Crippen molar-refractivity contribution >= 4 is 21.5 Å². The van der Waals surface area contributed by atoms with E-state index in [-0.39, 0.29) is 0 Å². The average molecular weight is 322 g/mol. The molecular formula is C14H2F8. The van der Waals surface area contributed by atoms with Crippen LogP contribution in [0.3, 0.4) is 0 Å². The highest BCUT2D eigenvalue weighted by atomic mass is 19.2. The molecule has 3 rings (SSSR count). The summed E-state index contributed by atoms with van der Waals surface area (Å²) in [4.78, 5) is 0. The lowest BCUT2D eigenvalue weighted by Gasteiger charge is -2.10. The molecule has 114 valence electrons. The Morgan fingerprint density at radius 2 is 0.636 bits per heavy atom. The molecule has 0 aliphatic heterocycles. The maximum atomic E-state index is 13.8.